The molecular formula is C30H52FN8O3. The lowest BCUT2D eigenvalue weighted by Gasteiger charge is -2.57. The number of aromatic nitrogens is 3. The molecule has 4 rings (SSSR count). The lowest BCUT2D eigenvalue weighted by Crippen LogP contribution is -2.67. The van der Waals surface area contributed by atoms with E-state index in [0.717, 1.165) is 5.06 Å². The first kappa shape index (κ1) is 33.2. The summed E-state index contributed by atoms with van der Waals surface area (Å²) >= 11 is 0. The van der Waals surface area contributed by atoms with E-state index in [0.29, 0.717) is 38.5 Å². The third-order valence-corrected chi connectivity index (χ3v) is 9.68. The Hall–Kier alpha value is -1.70. The molecule has 0 amide bonds. The van der Waals surface area contributed by atoms with Crippen LogP contribution in [0, 0.1) is 6.08 Å². The monoisotopic (exact) mass is 591 g/mol. The molecule has 3 radical (unpaired) electrons. The molecule has 0 saturated carbocycles. The summed E-state index contributed by atoms with van der Waals surface area (Å²) in [6, 6.07) is -0.496. The molecule has 1 N–H and O–H groups in total. The van der Waals surface area contributed by atoms with Gasteiger partial charge in [-0.1, -0.05) is 0 Å². The van der Waals surface area contributed by atoms with E-state index in [1.807, 2.05) is 83.1 Å². The van der Waals surface area contributed by atoms with Crippen LogP contribution in [0.3, 0.4) is 0 Å². The highest BCUT2D eigenvalue weighted by Gasteiger charge is 2.53. The highest BCUT2D eigenvalue weighted by molar-refractivity contribution is 5.41. The average molecular weight is 592 g/mol. The Kier molecular flexibility index (Phi) is 8.25. The summed E-state index contributed by atoms with van der Waals surface area (Å²) < 4.78 is 15.3. The minimum atomic E-state index is -0.896. The Labute approximate surface area is 251 Å². The van der Waals surface area contributed by atoms with E-state index in [2.05, 4.69) is 20.2 Å². The number of rotatable bonds is 5. The summed E-state index contributed by atoms with van der Waals surface area (Å²) in [5, 5.41) is 46.3. The lowest BCUT2D eigenvalue weighted by molar-refractivity contribution is -0.294. The third kappa shape index (κ3) is 6.25. The van der Waals surface area contributed by atoms with Crippen LogP contribution in [0.2, 0.25) is 0 Å². The molecule has 0 unspecified atom stereocenters. The van der Waals surface area contributed by atoms with Gasteiger partial charge < -0.3 is 10.2 Å². The molecule has 1 aromatic rings. The zero-order valence-corrected chi connectivity index (χ0v) is 27.7. The fraction of sp³-hybridized carbons (Fsp3) is 0.900. The van der Waals surface area contributed by atoms with E-state index in [4.69, 9.17) is 4.98 Å². The van der Waals surface area contributed by atoms with Crippen LogP contribution in [0.4, 0.5) is 16.3 Å². The maximum atomic E-state index is 15.3. The molecule has 0 aromatic carbocycles. The summed E-state index contributed by atoms with van der Waals surface area (Å²) in [5.41, 5.74) is -3.94. The molecule has 3 saturated heterocycles. The topological polar surface area (TPSA) is 123 Å². The molecule has 12 heteroatoms. The van der Waals surface area contributed by atoms with Crippen LogP contribution in [0.1, 0.15) is 122 Å². The second-order valence-corrected chi connectivity index (χ2v) is 16.8. The van der Waals surface area contributed by atoms with Gasteiger partial charge in [0, 0.05) is 51.4 Å². The second-order valence-electron chi connectivity index (χ2n) is 16.8. The first-order valence-corrected chi connectivity index (χ1v) is 15.3. The largest absolute Gasteiger partial charge is 0.351 e. The molecule has 3 fully saturated rings. The van der Waals surface area contributed by atoms with E-state index in [1.165, 1.54) is 10.1 Å². The van der Waals surface area contributed by atoms with Gasteiger partial charge >= 0.3 is 6.08 Å². The van der Waals surface area contributed by atoms with Gasteiger partial charge in [-0.15, -0.1) is 30.8 Å². The number of nitrogens with one attached hydrogen (secondary N) is 1. The van der Waals surface area contributed by atoms with E-state index in [-0.39, 0.29) is 30.0 Å². The predicted molar refractivity (Wildman–Crippen MR) is 157 cm³/mol. The van der Waals surface area contributed by atoms with Crippen LogP contribution in [0.5, 0.6) is 0 Å². The van der Waals surface area contributed by atoms with Gasteiger partial charge in [0.25, 0.3) is 0 Å². The van der Waals surface area contributed by atoms with Gasteiger partial charge in [-0.2, -0.15) is 19.3 Å². The first-order chi connectivity index (χ1) is 18.9. The van der Waals surface area contributed by atoms with Crippen molar-refractivity contribution >= 4 is 11.9 Å². The second kappa shape index (κ2) is 10.4. The maximum absolute atomic E-state index is 15.3. The Bertz CT molecular complexity index is 1060. The molecule has 0 bridgehead atoms. The van der Waals surface area contributed by atoms with Gasteiger partial charge in [0.05, 0.1) is 0 Å². The van der Waals surface area contributed by atoms with E-state index in [9.17, 15) is 15.6 Å². The summed E-state index contributed by atoms with van der Waals surface area (Å²) in [4.78, 5) is 15.1. The molecule has 3 aliphatic rings. The van der Waals surface area contributed by atoms with E-state index < -0.39 is 39.3 Å². The molecule has 11 nitrogen and oxygen atoms in total. The van der Waals surface area contributed by atoms with E-state index in [1.54, 1.807) is 0 Å². The van der Waals surface area contributed by atoms with Crippen molar-refractivity contribution in [1.29, 1.82) is 0 Å². The van der Waals surface area contributed by atoms with Gasteiger partial charge in [0.2, 0.25) is 11.9 Å². The van der Waals surface area contributed by atoms with E-state index >= 15 is 4.39 Å². The molecule has 42 heavy (non-hydrogen) atoms. The SMILES string of the molecule is CC1(C)CC(Nc2nc(F)nc(N(C3CC(C)(C)N([O])C(C)(C)C3)C3CC(C)(C)N([O])C(C)(C)C3)n2)CC(C)(C)N1[O]. The molecule has 4 heterocycles. The van der Waals surface area contributed by atoms with Crippen LogP contribution in [0.15, 0.2) is 0 Å². The normalized spacial score (nSPS) is 28.5. The number of hydroxylamine groups is 6. The van der Waals surface area contributed by atoms with Gasteiger partial charge in [-0.3, -0.25) is 0 Å². The minimum absolute atomic E-state index is 0.123. The molecule has 1 aromatic heterocycles. The standard InChI is InChI=1S/C30H52FN8O3/c1-25(2)13-19(14-26(3,4)37(25)40)32-23-33-22(31)34-24(35-23)36(20-15-27(5,6)38(41)28(7,8)16-20)21-17-29(9,10)39(42)30(11,12)18-21/h19-21H,13-18H2,1-12H3,(H,32,33,34,35). The molecule has 3 aliphatic heterocycles. The number of hydrogen-bond acceptors (Lipinski definition) is 8. The summed E-state index contributed by atoms with van der Waals surface area (Å²) in [5.74, 6) is 0.328. The Balaban J connectivity index is 1.76. The number of anilines is 2. The van der Waals surface area contributed by atoms with Crippen molar-refractivity contribution in [2.75, 3.05) is 10.2 Å². The van der Waals surface area contributed by atoms with Gasteiger partial charge in [0.15, 0.2) is 0 Å². The average Bonchev–Trinajstić information content (AvgIpc) is 2.78. The first-order valence-electron chi connectivity index (χ1n) is 15.3. The summed E-state index contributed by atoms with van der Waals surface area (Å²) in [7, 11) is 0. The maximum Gasteiger partial charge on any atom is 0.315 e. The zero-order chi connectivity index (χ0) is 31.8. The van der Waals surface area contributed by atoms with Crippen molar-refractivity contribution in [1.82, 2.24) is 30.1 Å². The predicted octanol–water partition coefficient (Wildman–Crippen LogP) is 5.33. The quantitative estimate of drug-likeness (QED) is 0.487. The fourth-order valence-electron chi connectivity index (χ4n) is 8.51. The van der Waals surface area contributed by atoms with Crippen molar-refractivity contribution in [3.63, 3.8) is 0 Å². The van der Waals surface area contributed by atoms with Crippen LogP contribution in [-0.4, -0.2) is 81.5 Å². The summed E-state index contributed by atoms with van der Waals surface area (Å²) in [6.07, 6.45) is 2.30. The van der Waals surface area contributed by atoms with Crippen molar-refractivity contribution in [3.05, 3.63) is 6.08 Å². The van der Waals surface area contributed by atoms with Gasteiger partial charge in [0.1, 0.15) is 0 Å². The van der Waals surface area contributed by atoms with Gasteiger partial charge in [-0.05, 0) is 122 Å². The van der Waals surface area contributed by atoms with Crippen LogP contribution >= 0.6 is 0 Å². The third-order valence-electron chi connectivity index (χ3n) is 9.68. The zero-order valence-electron chi connectivity index (χ0n) is 27.7. The molecule has 237 valence electrons. The fourth-order valence-corrected chi connectivity index (χ4v) is 8.51. The molecule has 0 atom stereocenters. The number of nitrogens with zero attached hydrogens (tertiary/aromatic N) is 7. The molecule has 0 aliphatic carbocycles. The van der Waals surface area contributed by atoms with Crippen LogP contribution < -0.4 is 10.2 Å². The Morgan fingerprint density at radius 3 is 1.29 bits per heavy atom. The number of hydrogen-bond donors (Lipinski definition) is 1. The summed E-state index contributed by atoms with van der Waals surface area (Å²) in [6.45, 7) is 23.1. The van der Waals surface area contributed by atoms with Crippen LogP contribution in [0.25, 0.3) is 0 Å². The number of halogens is 1. The highest BCUT2D eigenvalue weighted by atomic mass is 19.1. The van der Waals surface area contributed by atoms with Crippen molar-refractivity contribution in [2.45, 2.75) is 173 Å². The smallest absolute Gasteiger partial charge is 0.315 e. The Morgan fingerprint density at radius 1 is 0.595 bits per heavy atom. The Morgan fingerprint density at radius 2 is 0.929 bits per heavy atom. The highest BCUT2D eigenvalue weighted by Crippen LogP contribution is 2.45. The minimum Gasteiger partial charge on any atom is -0.351 e. The number of piperidine rings is 3. The van der Waals surface area contributed by atoms with Crippen LogP contribution in [-0.2, 0) is 15.6 Å². The van der Waals surface area contributed by atoms with Crippen molar-refractivity contribution < 1.29 is 20.0 Å². The van der Waals surface area contributed by atoms with Gasteiger partial charge in [-0.25, -0.2) is 0 Å². The molecule has 0 spiro atoms. The van der Waals surface area contributed by atoms with Crippen molar-refractivity contribution in [2.24, 2.45) is 0 Å². The lowest BCUT2D eigenvalue weighted by atomic mass is 9.75. The molecular weight excluding hydrogens is 539 g/mol. The van der Waals surface area contributed by atoms with Crippen molar-refractivity contribution in [3.8, 4) is 0 Å².